The topological polar surface area (TPSA) is 43.8 Å². The monoisotopic (exact) mass is 367 g/mol. The highest BCUT2D eigenvalue weighted by Crippen LogP contribution is 2.32. The van der Waals surface area contributed by atoms with Crippen molar-refractivity contribution >= 4 is 44.6 Å². The molecule has 0 aliphatic rings. The smallest absolute Gasteiger partial charge is 0.125 e. The minimum absolute atomic E-state index is 0.675. The molecule has 0 saturated heterocycles. The molecule has 0 aliphatic carbocycles. The third-order valence-electron chi connectivity index (χ3n) is 2.85. The number of rotatable bonds is 3. The second kappa shape index (κ2) is 5.60. The fourth-order valence-corrected chi connectivity index (χ4v) is 3.48. The van der Waals surface area contributed by atoms with Crippen LogP contribution in [0, 0.1) is 0 Å². The Hall–Kier alpha value is -1.30. The number of anilines is 1. The molecule has 3 nitrogen and oxygen atoms in total. The van der Waals surface area contributed by atoms with Crippen LogP contribution in [0.15, 0.2) is 46.4 Å². The molecule has 0 amide bonds. The second-order valence-corrected chi connectivity index (χ2v) is 6.65. The number of hydrogen-bond acceptors (Lipinski definition) is 3. The Kier molecular flexibility index (Phi) is 3.83. The van der Waals surface area contributed by atoms with Crippen molar-refractivity contribution in [1.29, 1.82) is 0 Å². The molecule has 3 aromatic rings. The standard InChI is InChI=1S/C14H11BrClN3S/c15-10-5-13(20-8-10)14-12(17)7-19(18-14)6-9-1-3-11(16)4-2-9/h1-5,7-8H,6,17H2. The summed E-state index contributed by atoms with van der Waals surface area (Å²) in [6.07, 6.45) is 1.86. The number of benzene rings is 1. The normalized spacial score (nSPS) is 10.9. The highest BCUT2D eigenvalue weighted by atomic mass is 79.9. The van der Waals surface area contributed by atoms with Crippen molar-refractivity contribution in [2.45, 2.75) is 6.54 Å². The van der Waals surface area contributed by atoms with E-state index in [2.05, 4.69) is 21.0 Å². The van der Waals surface area contributed by atoms with E-state index in [0.29, 0.717) is 12.2 Å². The Labute approximate surface area is 134 Å². The minimum atomic E-state index is 0.675. The molecule has 0 aliphatic heterocycles. The van der Waals surface area contributed by atoms with Gasteiger partial charge in [-0.25, -0.2) is 0 Å². The summed E-state index contributed by atoms with van der Waals surface area (Å²) in [5.74, 6) is 0. The SMILES string of the molecule is Nc1cn(Cc2ccc(Cl)cc2)nc1-c1cc(Br)cs1. The first-order valence-corrected chi connectivity index (χ1v) is 7.98. The highest BCUT2D eigenvalue weighted by Gasteiger charge is 2.11. The summed E-state index contributed by atoms with van der Waals surface area (Å²) in [6.45, 7) is 0.675. The summed E-state index contributed by atoms with van der Waals surface area (Å²) in [5.41, 5.74) is 8.70. The lowest BCUT2D eigenvalue weighted by Crippen LogP contribution is -1.99. The van der Waals surface area contributed by atoms with Crippen LogP contribution in [0.2, 0.25) is 5.02 Å². The highest BCUT2D eigenvalue weighted by molar-refractivity contribution is 9.10. The molecule has 0 atom stereocenters. The van der Waals surface area contributed by atoms with Gasteiger partial charge in [0.05, 0.1) is 17.1 Å². The predicted octanol–water partition coefficient (Wildman–Crippen LogP) is 4.66. The molecule has 2 heterocycles. The van der Waals surface area contributed by atoms with Crippen molar-refractivity contribution < 1.29 is 0 Å². The molecule has 0 radical (unpaired) electrons. The van der Waals surface area contributed by atoms with Gasteiger partial charge < -0.3 is 5.73 Å². The molecule has 2 N–H and O–H groups in total. The van der Waals surface area contributed by atoms with Gasteiger partial charge in [0.15, 0.2) is 0 Å². The lowest BCUT2D eigenvalue weighted by Gasteiger charge is -2.01. The average Bonchev–Trinajstić information content (AvgIpc) is 2.98. The first-order valence-electron chi connectivity index (χ1n) is 5.93. The van der Waals surface area contributed by atoms with Gasteiger partial charge in [0.25, 0.3) is 0 Å². The summed E-state index contributed by atoms with van der Waals surface area (Å²) in [4.78, 5) is 1.06. The largest absolute Gasteiger partial charge is 0.396 e. The zero-order valence-corrected chi connectivity index (χ0v) is 13.5. The Balaban J connectivity index is 1.87. The van der Waals surface area contributed by atoms with Crippen LogP contribution in [0.3, 0.4) is 0 Å². The maximum absolute atomic E-state index is 6.05. The van der Waals surface area contributed by atoms with E-state index in [-0.39, 0.29) is 0 Å². The molecule has 0 spiro atoms. The van der Waals surface area contributed by atoms with Gasteiger partial charge >= 0.3 is 0 Å². The number of nitrogen functional groups attached to an aromatic ring is 1. The fourth-order valence-electron chi connectivity index (χ4n) is 1.92. The maximum Gasteiger partial charge on any atom is 0.125 e. The van der Waals surface area contributed by atoms with Crippen LogP contribution in [-0.2, 0) is 6.54 Å². The first-order chi connectivity index (χ1) is 9.61. The van der Waals surface area contributed by atoms with Crippen molar-refractivity contribution in [2.75, 3.05) is 5.73 Å². The van der Waals surface area contributed by atoms with E-state index in [1.807, 2.05) is 46.6 Å². The van der Waals surface area contributed by atoms with Crippen molar-refractivity contribution in [3.8, 4) is 10.6 Å². The van der Waals surface area contributed by atoms with E-state index in [9.17, 15) is 0 Å². The molecule has 20 heavy (non-hydrogen) atoms. The van der Waals surface area contributed by atoms with Gasteiger partial charge in [-0.3, -0.25) is 4.68 Å². The van der Waals surface area contributed by atoms with Gasteiger partial charge in [-0.05, 0) is 39.7 Å². The molecule has 2 aromatic heterocycles. The lowest BCUT2D eigenvalue weighted by atomic mass is 10.2. The number of nitrogens with zero attached hydrogens (tertiary/aromatic N) is 2. The fraction of sp³-hybridized carbons (Fsp3) is 0.0714. The van der Waals surface area contributed by atoms with Crippen LogP contribution in [0.4, 0.5) is 5.69 Å². The first kappa shape index (κ1) is 13.7. The van der Waals surface area contributed by atoms with Crippen LogP contribution in [0.1, 0.15) is 5.56 Å². The van der Waals surface area contributed by atoms with Crippen LogP contribution in [0.5, 0.6) is 0 Å². The minimum Gasteiger partial charge on any atom is -0.396 e. The zero-order chi connectivity index (χ0) is 14.1. The van der Waals surface area contributed by atoms with Crippen molar-refractivity contribution in [3.63, 3.8) is 0 Å². The molecule has 3 rings (SSSR count). The molecule has 0 fully saturated rings. The number of nitrogens with two attached hydrogens (primary N) is 1. The number of hydrogen-bond donors (Lipinski definition) is 1. The Morgan fingerprint density at radius 2 is 2.05 bits per heavy atom. The second-order valence-electron chi connectivity index (χ2n) is 4.39. The lowest BCUT2D eigenvalue weighted by molar-refractivity contribution is 0.690. The van der Waals surface area contributed by atoms with Crippen molar-refractivity contribution in [2.24, 2.45) is 0 Å². The summed E-state index contributed by atoms with van der Waals surface area (Å²) in [7, 11) is 0. The molecular weight excluding hydrogens is 358 g/mol. The molecule has 0 unspecified atom stereocenters. The number of thiophene rings is 1. The molecular formula is C14H11BrClN3S. The number of aromatic nitrogens is 2. The third kappa shape index (κ3) is 2.90. The van der Waals surface area contributed by atoms with Crippen LogP contribution in [-0.4, -0.2) is 9.78 Å². The van der Waals surface area contributed by atoms with E-state index in [4.69, 9.17) is 17.3 Å². The third-order valence-corrected chi connectivity index (χ3v) is 4.80. The van der Waals surface area contributed by atoms with Crippen molar-refractivity contribution in [1.82, 2.24) is 9.78 Å². The van der Waals surface area contributed by atoms with Gasteiger partial charge in [0, 0.05) is 21.1 Å². The molecule has 102 valence electrons. The zero-order valence-electron chi connectivity index (χ0n) is 10.4. The summed E-state index contributed by atoms with van der Waals surface area (Å²) in [6, 6.07) is 9.75. The van der Waals surface area contributed by atoms with Gasteiger partial charge in [0.2, 0.25) is 0 Å². The van der Waals surface area contributed by atoms with E-state index in [1.54, 1.807) is 11.3 Å². The van der Waals surface area contributed by atoms with E-state index >= 15 is 0 Å². The average molecular weight is 369 g/mol. The van der Waals surface area contributed by atoms with Crippen LogP contribution in [0.25, 0.3) is 10.6 Å². The van der Waals surface area contributed by atoms with Crippen molar-refractivity contribution in [3.05, 3.63) is 57.0 Å². The Morgan fingerprint density at radius 1 is 1.30 bits per heavy atom. The van der Waals surface area contributed by atoms with E-state index in [1.165, 1.54) is 0 Å². The van der Waals surface area contributed by atoms with Crippen LogP contribution >= 0.6 is 38.9 Å². The quantitative estimate of drug-likeness (QED) is 0.731. The van der Waals surface area contributed by atoms with Gasteiger partial charge in [-0.1, -0.05) is 23.7 Å². The van der Waals surface area contributed by atoms with Gasteiger partial charge in [0.1, 0.15) is 5.69 Å². The molecule has 6 heteroatoms. The summed E-state index contributed by atoms with van der Waals surface area (Å²) in [5, 5.41) is 7.31. The van der Waals surface area contributed by atoms with E-state index < -0.39 is 0 Å². The predicted molar refractivity (Wildman–Crippen MR) is 88.2 cm³/mol. The maximum atomic E-state index is 6.05. The van der Waals surface area contributed by atoms with Gasteiger partial charge in [-0.2, -0.15) is 5.10 Å². The summed E-state index contributed by atoms with van der Waals surface area (Å²) >= 11 is 10.9. The number of halogens is 2. The van der Waals surface area contributed by atoms with Gasteiger partial charge in [-0.15, -0.1) is 11.3 Å². The molecule has 0 bridgehead atoms. The summed E-state index contributed by atoms with van der Waals surface area (Å²) < 4.78 is 2.89. The Morgan fingerprint density at radius 3 is 2.70 bits per heavy atom. The molecule has 0 saturated carbocycles. The van der Waals surface area contributed by atoms with E-state index in [0.717, 1.165) is 25.6 Å². The molecule has 1 aromatic carbocycles. The van der Waals surface area contributed by atoms with Crippen LogP contribution < -0.4 is 5.73 Å². The Bertz CT molecular complexity index is 733.